The third-order valence-electron chi connectivity index (χ3n) is 4.97. The molecule has 1 aliphatic rings. The molecule has 0 spiro atoms. The number of nitrogens with zero attached hydrogens (tertiary/aromatic N) is 1. The molecule has 1 heterocycles. The normalized spacial score (nSPS) is 13.1. The average Bonchev–Trinajstić information content (AvgIpc) is 3.31. The molecule has 0 saturated carbocycles. The van der Waals surface area contributed by atoms with Gasteiger partial charge in [0.25, 0.3) is 5.91 Å². The van der Waals surface area contributed by atoms with E-state index in [-0.39, 0.29) is 11.9 Å². The lowest BCUT2D eigenvalue weighted by Crippen LogP contribution is -2.32. The van der Waals surface area contributed by atoms with E-state index in [0.29, 0.717) is 40.9 Å². The molecule has 166 valence electrons. The Balaban J connectivity index is 1.62. The average molecular weight is 446 g/mol. The van der Waals surface area contributed by atoms with Gasteiger partial charge in [-0.15, -0.1) is 0 Å². The van der Waals surface area contributed by atoms with E-state index in [1.165, 1.54) is 7.11 Å². The summed E-state index contributed by atoms with van der Waals surface area (Å²) < 4.78 is 11.0. The summed E-state index contributed by atoms with van der Waals surface area (Å²) in [5.41, 5.74) is 1.95. The molecule has 0 aromatic heterocycles. The van der Waals surface area contributed by atoms with Crippen LogP contribution in [0.4, 0.5) is 10.5 Å². The second-order valence-corrected chi connectivity index (χ2v) is 7.75. The van der Waals surface area contributed by atoms with Crippen molar-refractivity contribution in [2.45, 2.75) is 32.7 Å². The van der Waals surface area contributed by atoms with E-state index in [0.717, 1.165) is 37.9 Å². The number of anilines is 1. The lowest BCUT2D eigenvalue weighted by molar-refractivity contribution is 0.0950. The first-order valence-corrected chi connectivity index (χ1v) is 10.8. The lowest BCUT2D eigenvalue weighted by atomic mass is 10.1. The molecular weight excluding hydrogens is 418 g/mol. The Morgan fingerprint density at radius 2 is 1.94 bits per heavy atom. The highest BCUT2D eigenvalue weighted by atomic mass is 35.5. The van der Waals surface area contributed by atoms with Crippen LogP contribution < -0.4 is 20.1 Å². The molecule has 0 radical (unpaired) electrons. The topological polar surface area (TPSA) is 79.9 Å². The number of carbonyl (C=O) groups is 2. The molecule has 1 saturated heterocycles. The van der Waals surface area contributed by atoms with Crippen molar-refractivity contribution in [3.8, 4) is 11.5 Å². The van der Waals surface area contributed by atoms with Crippen LogP contribution in [0, 0.1) is 0 Å². The summed E-state index contributed by atoms with van der Waals surface area (Å²) in [4.78, 5) is 26.7. The monoisotopic (exact) mass is 445 g/mol. The van der Waals surface area contributed by atoms with E-state index >= 15 is 0 Å². The van der Waals surface area contributed by atoms with Crippen LogP contribution in [0.15, 0.2) is 36.4 Å². The quantitative estimate of drug-likeness (QED) is 0.617. The molecular formula is C23H28ClN3O4. The number of ether oxygens (including phenoxy) is 2. The standard InChI is InChI=1S/C23H28ClN3O4/c1-3-11-31-21-19(24)13-17(14-20(21)30-2)22(28)25-15-16-7-6-8-18(12-16)26-23(29)27-9-4-5-10-27/h6-8,12-14H,3-5,9-11,15H2,1-2H3,(H,25,28)(H,26,29). The fourth-order valence-corrected chi connectivity index (χ4v) is 3.63. The van der Waals surface area contributed by atoms with Gasteiger partial charge in [-0.05, 0) is 49.1 Å². The van der Waals surface area contributed by atoms with Crippen LogP contribution in [0.2, 0.25) is 5.02 Å². The third-order valence-corrected chi connectivity index (χ3v) is 5.25. The molecule has 0 atom stereocenters. The molecule has 0 unspecified atom stereocenters. The van der Waals surface area contributed by atoms with Gasteiger partial charge in [-0.1, -0.05) is 30.7 Å². The van der Waals surface area contributed by atoms with Gasteiger partial charge >= 0.3 is 6.03 Å². The highest BCUT2D eigenvalue weighted by molar-refractivity contribution is 6.32. The van der Waals surface area contributed by atoms with Crippen molar-refractivity contribution in [2.75, 3.05) is 32.1 Å². The van der Waals surface area contributed by atoms with Crippen LogP contribution >= 0.6 is 11.6 Å². The van der Waals surface area contributed by atoms with Gasteiger partial charge in [0, 0.05) is 30.9 Å². The van der Waals surface area contributed by atoms with E-state index in [9.17, 15) is 9.59 Å². The van der Waals surface area contributed by atoms with Gasteiger partial charge in [0.1, 0.15) is 0 Å². The maximum absolute atomic E-state index is 12.7. The number of nitrogens with one attached hydrogen (secondary N) is 2. The molecule has 0 bridgehead atoms. The second kappa shape index (κ2) is 10.9. The Bertz CT molecular complexity index is 929. The molecule has 2 N–H and O–H groups in total. The summed E-state index contributed by atoms with van der Waals surface area (Å²) in [6.45, 7) is 4.38. The van der Waals surface area contributed by atoms with Crippen LogP contribution in [0.3, 0.4) is 0 Å². The number of methoxy groups -OCH3 is 1. The van der Waals surface area contributed by atoms with E-state index < -0.39 is 0 Å². The number of benzene rings is 2. The number of likely N-dealkylation sites (tertiary alicyclic amines) is 1. The van der Waals surface area contributed by atoms with Crippen molar-refractivity contribution in [3.05, 3.63) is 52.5 Å². The molecule has 3 rings (SSSR count). The summed E-state index contributed by atoms with van der Waals surface area (Å²) in [7, 11) is 1.51. The van der Waals surface area contributed by atoms with Gasteiger partial charge in [0.2, 0.25) is 0 Å². The van der Waals surface area contributed by atoms with Gasteiger partial charge in [-0.25, -0.2) is 4.79 Å². The van der Waals surface area contributed by atoms with Crippen LogP contribution in [0.5, 0.6) is 11.5 Å². The zero-order chi connectivity index (χ0) is 22.2. The molecule has 7 nitrogen and oxygen atoms in total. The fourth-order valence-electron chi connectivity index (χ4n) is 3.36. The van der Waals surface area contributed by atoms with Gasteiger partial charge in [-0.3, -0.25) is 4.79 Å². The fraction of sp³-hybridized carbons (Fsp3) is 0.391. The largest absolute Gasteiger partial charge is 0.493 e. The van der Waals surface area contributed by atoms with Crippen molar-refractivity contribution < 1.29 is 19.1 Å². The van der Waals surface area contributed by atoms with Crippen LogP contribution in [0.25, 0.3) is 0 Å². The Hall–Kier alpha value is -2.93. The van der Waals surface area contributed by atoms with Crippen LogP contribution in [-0.4, -0.2) is 43.6 Å². The zero-order valence-corrected chi connectivity index (χ0v) is 18.6. The molecule has 0 aliphatic carbocycles. The Morgan fingerprint density at radius 1 is 1.16 bits per heavy atom. The zero-order valence-electron chi connectivity index (χ0n) is 17.9. The molecule has 31 heavy (non-hydrogen) atoms. The minimum atomic E-state index is -0.284. The van der Waals surface area contributed by atoms with Crippen LogP contribution in [0.1, 0.15) is 42.1 Å². The van der Waals surface area contributed by atoms with Gasteiger partial charge < -0.3 is 25.0 Å². The number of hydrogen-bond donors (Lipinski definition) is 2. The van der Waals surface area contributed by atoms with Crippen molar-refractivity contribution in [2.24, 2.45) is 0 Å². The first kappa shape index (κ1) is 22.7. The maximum atomic E-state index is 12.7. The van der Waals surface area contributed by atoms with Crippen molar-refractivity contribution in [3.63, 3.8) is 0 Å². The highest BCUT2D eigenvalue weighted by Gasteiger charge is 2.18. The molecule has 2 aromatic carbocycles. The summed E-state index contributed by atoms with van der Waals surface area (Å²) in [6.07, 6.45) is 2.92. The minimum absolute atomic E-state index is 0.0918. The van der Waals surface area contributed by atoms with Gasteiger partial charge in [-0.2, -0.15) is 0 Å². The van der Waals surface area contributed by atoms with E-state index in [2.05, 4.69) is 10.6 Å². The molecule has 1 aliphatic heterocycles. The number of halogens is 1. The van der Waals surface area contributed by atoms with E-state index in [1.807, 2.05) is 31.2 Å². The van der Waals surface area contributed by atoms with E-state index in [4.69, 9.17) is 21.1 Å². The molecule has 3 amide bonds. The Morgan fingerprint density at radius 3 is 2.65 bits per heavy atom. The van der Waals surface area contributed by atoms with E-state index in [1.54, 1.807) is 17.0 Å². The highest BCUT2D eigenvalue weighted by Crippen LogP contribution is 2.36. The summed E-state index contributed by atoms with van der Waals surface area (Å²) in [6, 6.07) is 10.5. The SMILES string of the molecule is CCCOc1c(Cl)cc(C(=O)NCc2cccc(NC(=O)N3CCCC3)c2)cc1OC. The van der Waals surface area contributed by atoms with Crippen molar-refractivity contribution >= 4 is 29.2 Å². The number of rotatable bonds is 8. The Labute approximate surface area is 187 Å². The number of carbonyl (C=O) groups excluding carboxylic acids is 2. The third kappa shape index (κ3) is 6.04. The number of urea groups is 1. The summed E-state index contributed by atoms with van der Waals surface area (Å²) >= 11 is 6.30. The number of hydrogen-bond acceptors (Lipinski definition) is 4. The maximum Gasteiger partial charge on any atom is 0.321 e. The predicted octanol–water partition coefficient (Wildman–Crippen LogP) is 4.70. The van der Waals surface area contributed by atoms with Crippen molar-refractivity contribution in [1.29, 1.82) is 0 Å². The molecule has 2 aromatic rings. The second-order valence-electron chi connectivity index (χ2n) is 7.35. The lowest BCUT2D eigenvalue weighted by Gasteiger charge is -2.16. The minimum Gasteiger partial charge on any atom is -0.493 e. The summed E-state index contributed by atoms with van der Waals surface area (Å²) in [5, 5.41) is 6.11. The molecule has 8 heteroatoms. The van der Waals surface area contributed by atoms with Crippen LogP contribution in [-0.2, 0) is 6.54 Å². The molecule has 1 fully saturated rings. The Kier molecular flexibility index (Phi) is 8.00. The van der Waals surface area contributed by atoms with Crippen molar-refractivity contribution in [1.82, 2.24) is 10.2 Å². The van der Waals surface area contributed by atoms with Gasteiger partial charge in [0.05, 0.1) is 18.7 Å². The first-order valence-electron chi connectivity index (χ1n) is 10.4. The number of amides is 3. The predicted molar refractivity (Wildman–Crippen MR) is 121 cm³/mol. The summed E-state index contributed by atoms with van der Waals surface area (Å²) in [5.74, 6) is 0.565. The first-order chi connectivity index (χ1) is 15.0. The van der Waals surface area contributed by atoms with Gasteiger partial charge in [0.15, 0.2) is 11.5 Å². The smallest absolute Gasteiger partial charge is 0.321 e.